The molecule has 4 aromatic rings. The third-order valence-electron chi connectivity index (χ3n) is 12.8. The van der Waals surface area contributed by atoms with Crippen molar-refractivity contribution in [2.24, 2.45) is 11.8 Å². The summed E-state index contributed by atoms with van der Waals surface area (Å²) in [7, 11) is -0.556. The van der Waals surface area contributed by atoms with Gasteiger partial charge in [-0.05, 0) is 173 Å². The summed E-state index contributed by atoms with van der Waals surface area (Å²) in [4.78, 5) is 36.8. The first-order valence-electron chi connectivity index (χ1n) is 23.8. The van der Waals surface area contributed by atoms with Crippen LogP contribution < -0.4 is 26.7 Å². The molecule has 21 heteroatoms. The fourth-order valence-corrected chi connectivity index (χ4v) is 9.21. The van der Waals surface area contributed by atoms with Crippen LogP contribution in [0.15, 0.2) is 60.7 Å². The number of rotatable bonds is 12. The Morgan fingerprint density at radius 3 is 1.79 bits per heavy atom. The Labute approximate surface area is 439 Å². The Morgan fingerprint density at radius 2 is 1.28 bits per heavy atom. The Kier molecular flexibility index (Phi) is 20.5. The van der Waals surface area contributed by atoms with E-state index in [9.17, 15) is 27.9 Å². The number of aromatic nitrogens is 2. The van der Waals surface area contributed by atoms with Gasteiger partial charge in [-0.15, -0.1) is 0 Å². The number of carbonyl (C=O) groups is 2. The second-order valence-corrected chi connectivity index (χ2v) is 21.5. The number of aliphatic hydroxyl groups excluding tert-OH is 2. The maximum absolute atomic E-state index is 12.6. The zero-order valence-electron chi connectivity index (χ0n) is 41.8. The first-order valence-corrected chi connectivity index (χ1v) is 25.6. The highest BCUT2D eigenvalue weighted by atomic mass is 127. The van der Waals surface area contributed by atoms with Crippen LogP contribution >= 0.6 is 45.8 Å². The molecule has 2 aromatic heterocycles. The van der Waals surface area contributed by atoms with E-state index in [-0.39, 0.29) is 12.6 Å². The number of likely N-dealkylation sites (tertiary alicyclic amines) is 2. The van der Waals surface area contributed by atoms with Crippen molar-refractivity contribution in [3.05, 3.63) is 85.7 Å². The van der Waals surface area contributed by atoms with E-state index in [1.165, 1.54) is 4.90 Å². The van der Waals surface area contributed by atoms with Crippen LogP contribution in [0.2, 0.25) is 10.3 Å². The van der Waals surface area contributed by atoms with Crippen molar-refractivity contribution in [3.63, 3.8) is 0 Å². The van der Waals surface area contributed by atoms with Crippen molar-refractivity contribution < 1.29 is 42.3 Å². The zero-order chi connectivity index (χ0) is 52.4. The maximum Gasteiger partial charge on any atom is 0.495 e. The van der Waals surface area contributed by atoms with Gasteiger partial charge in [-0.1, -0.05) is 54.2 Å². The predicted octanol–water partition coefficient (Wildman–Crippen LogP) is 11.0. The lowest BCUT2D eigenvalue weighted by atomic mass is 9.76. The number of hydrogen-bond acceptors (Lipinski definition) is 10. The molecule has 0 aliphatic carbocycles. The molecule has 7 rings (SSSR count). The van der Waals surface area contributed by atoms with Crippen molar-refractivity contribution in [1.82, 2.24) is 19.8 Å². The number of amides is 4. The van der Waals surface area contributed by atoms with Crippen molar-refractivity contribution >= 4 is 93.4 Å². The second kappa shape index (κ2) is 25.2. The van der Waals surface area contributed by atoms with E-state index in [1.54, 1.807) is 38.1 Å². The van der Waals surface area contributed by atoms with E-state index >= 15 is 0 Å². The Morgan fingerprint density at radius 1 is 0.789 bits per heavy atom. The average Bonchev–Trinajstić information content (AvgIpc) is 4.00. The SMILES string of the molecule is CC[C@@H]1CCN(C(=O)Nc2ccc(C)c(-c3cc(Cl)nc(NC[C@@H](C)O)c3)c2)C1.C[C@@H](O)CNc1cc(I)cc(Cl)n1.Cc1ccc(NC(=O)N2CC[C@@H](CC(F)(F)F)C2)cc1B1OC(C)(C)C(C)(C)O1. The summed E-state index contributed by atoms with van der Waals surface area (Å²) in [6.07, 6.45) is -3.40. The molecule has 0 radical (unpaired) electrons. The largest absolute Gasteiger partial charge is 0.495 e. The quantitative estimate of drug-likeness (QED) is 0.0455. The highest BCUT2D eigenvalue weighted by Crippen LogP contribution is 2.37. The lowest BCUT2D eigenvalue weighted by molar-refractivity contribution is -0.143. The molecule has 0 saturated carbocycles. The minimum Gasteiger partial charge on any atom is -0.399 e. The molecular weight excluding hydrogens is 1070 g/mol. The van der Waals surface area contributed by atoms with Crippen LogP contribution in [0.25, 0.3) is 11.1 Å². The molecule has 4 amide bonds. The number of aliphatic hydroxyl groups is 2. The topological polar surface area (TPSA) is 173 Å². The monoisotopic (exact) mass is 1140 g/mol. The predicted molar refractivity (Wildman–Crippen MR) is 287 cm³/mol. The summed E-state index contributed by atoms with van der Waals surface area (Å²) in [6, 6.07) is 18.2. The van der Waals surface area contributed by atoms with Gasteiger partial charge in [-0.25, -0.2) is 19.6 Å². The molecule has 4 atom stereocenters. The molecular formula is C50H67BCl2F3IN8O6. The van der Waals surface area contributed by atoms with Crippen molar-refractivity contribution in [2.75, 3.05) is 60.5 Å². The minimum atomic E-state index is -4.20. The molecule has 3 aliphatic rings. The number of nitrogens with zero attached hydrogens (tertiary/aromatic N) is 4. The molecule has 5 heterocycles. The molecule has 71 heavy (non-hydrogen) atoms. The van der Waals surface area contributed by atoms with Crippen LogP contribution in [-0.4, -0.2) is 118 Å². The van der Waals surface area contributed by atoms with Crippen LogP contribution in [0.5, 0.6) is 0 Å². The van der Waals surface area contributed by atoms with E-state index in [4.69, 9.17) is 37.6 Å². The maximum atomic E-state index is 12.6. The van der Waals surface area contributed by atoms with Gasteiger partial charge in [0.2, 0.25) is 0 Å². The van der Waals surface area contributed by atoms with Gasteiger partial charge in [-0.3, -0.25) is 0 Å². The first kappa shape index (κ1) is 57.8. The second-order valence-electron chi connectivity index (χ2n) is 19.5. The van der Waals surface area contributed by atoms with Crippen molar-refractivity contribution in [1.29, 1.82) is 0 Å². The average molecular weight is 1140 g/mol. The van der Waals surface area contributed by atoms with Crippen molar-refractivity contribution in [2.45, 2.75) is 118 Å². The summed E-state index contributed by atoms with van der Waals surface area (Å²) in [5, 5.41) is 31.2. The van der Waals surface area contributed by atoms with Crippen LogP contribution in [0, 0.1) is 29.3 Å². The van der Waals surface area contributed by atoms with Crippen LogP contribution in [0.3, 0.4) is 0 Å². The lowest BCUT2D eigenvalue weighted by Crippen LogP contribution is -2.41. The summed E-state index contributed by atoms with van der Waals surface area (Å²) < 4.78 is 51.0. The number of carbonyl (C=O) groups excluding carboxylic acids is 2. The van der Waals surface area contributed by atoms with Crippen molar-refractivity contribution in [3.8, 4) is 11.1 Å². The highest BCUT2D eigenvalue weighted by molar-refractivity contribution is 14.1. The molecule has 3 saturated heterocycles. The minimum absolute atomic E-state index is 0.0530. The standard InChI is InChI=1S/C22H29ClN4O2.C20H28BF3N2O3.C8H10ClIN2O/c1-4-16-7-8-27(13-16)22(29)25-18-6-5-14(2)19(11-18)17-9-20(23)26-21(10-17)24-12-15(3)28;1-13-6-7-15(10-16(13)21-28-18(2,3)19(4,5)29-21)25-17(27)26-9-8-14(12-26)11-20(22,23)24;1-5(13)4-11-8-3-6(10)2-7(9)12-8/h5-6,9-11,15-16,28H,4,7-8,12-13H2,1-3H3,(H,24,26)(H,25,29);6-7,10,14H,8-9,11-12H2,1-5H3,(H,25,27);2-3,5,13H,4H2,1H3,(H,11,12)/t15-,16-;14-;5-/m101/s1. The highest BCUT2D eigenvalue weighted by Gasteiger charge is 2.52. The Bertz CT molecular complexity index is 2420. The van der Waals surface area contributed by atoms with Gasteiger partial charge in [-0.2, -0.15) is 13.2 Å². The fourth-order valence-electron chi connectivity index (χ4n) is 8.02. The summed E-state index contributed by atoms with van der Waals surface area (Å²) in [5.41, 5.74) is 5.08. The first-order chi connectivity index (χ1) is 33.2. The summed E-state index contributed by atoms with van der Waals surface area (Å²) in [6.45, 7) is 20.3. The van der Waals surface area contributed by atoms with Gasteiger partial charge < -0.3 is 50.6 Å². The third kappa shape index (κ3) is 17.5. The van der Waals surface area contributed by atoms with E-state index < -0.39 is 55.1 Å². The van der Waals surface area contributed by atoms with Gasteiger partial charge >= 0.3 is 25.4 Å². The normalized spacial score (nSPS) is 19.0. The zero-order valence-corrected chi connectivity index (χ0v) is 45.5. The number of urea groups is 2. The van der Waals surface area contributed by atoms with E-state index in [1.807, 2.05) is 82.8 Å². The smallest absolute Gasteiger partial charge is 0.399 e. The van der Waals surface area contributed by atoms with E-state index in [0.29, 0.717) is 59.6 Å². The van der Waals surface area contributed by atoms with Gasteiger partial charge in [0, 0.05) is 60.6 Å². The van der Waals surface area contributed by atoms with Gasteiger partial charge in [0.25, 0.3) is 0 Å². The molecule has 0 bridgehead atoms. The number of alkyl halides is 3. The number of anilines is 4. The van der Waals surface area contributed by atoms with Gasteiger partial charge in [0.1, 0.15) is 21.9 Å². The van der Waals surface area contributed by atoms with E-state index in [0.717, 1.165) is 62.9 Å². The number of halogens is 6. The number of pyridine rings is 2. The molecule has 388 valence electrons. The number of nitrogens with one attached hydrogen (secondary N) is 4. The lowest BCUT2D eigenvalue weighted by Gasteiger charge is -2.32. The number of aryl methyl sites for hydroxylation is 2. The molecule has 6 N–H and O–H groups in total. The molecule has 14 nitrogen and oxygen atoms in total. The molecule has 0 spiro atoms. The molecule has 3 aliphatic heterocycles. The van der Waals surface area contributed by atoms with Gasteiger partial charge in [0.05, 0.1) is 23.4 Å². The molecule has 2 aromatic carbocycles. The van der Waals surface area contributed by atoms with Gasteiger partial charge in [0.15, 0.2) is 0 Å². The third-order valence-corrected chi connectivity index (χ3v) is 13.8. The van der Waals surface area contributed by atoms with Crippen LogP contribution in [-0.2, 0) is 9.31 Å². The fraction of sp³-hybridized carbons (Fsp3) is 0.520. The number of benzene rings is 2. The van der Waals surface area contributed by atoms with Crippen LogP contribution in [0.1, 0.15) is 85.3 Å². The number of hydrogen-bond donors (Lipinski definition) is 6. The summed E-state index contributed by atoms with van der Waals surface area (Å²) in [5.74, 6) is 1.35. The van der Waals surface area contributed by atoms with Crippen LogP contribution in [0.4, 0.5) is 45.8 Å². The Balaban J connectivity index is 0.000000213. The molecule has 3 fully saturated rings. The Hall–Kier alpha value is -4.12. The van der Waals surface area contributed by atoms with E-state index in [2.05, 4.69) is 60.7 Å². The molecule has 0 unspecified atom stereocenters. The summed E-state index contributed by atoms with van der Waals surface area (Å²) >= 11 is 14.1.